The molecule has 1 fully saturated rings. The van der Waals surface area contributed by atoms with Gasteiger partial charge in [-0.15, -0.1) is 5.10 Å². The quantitative estimate of drug-likeness (QED) is 0.853. The Morgan fingerprint density at radius 3 is 2.61 bits per heavy atom. The van der Waals surface area contributed by atoms with E-state index in [1.807, 2.05) is 13.8 Å². The van der Waals surface area contributed by atoms with Crippen molar-refractivity contribution in [3.63, 3.8) is 0 Å². The highest BCUT2D eigenvalue weighted by Crippen LogP contribution is 2.31. The van der Waals surface area contributed by atoms with Gasteiger partial charge < -0.3 is 10.2 Å². The second kappa shape index (κ2) is 5.06. The van der Waals surface area contributed by atoms with Crippen molar-refractivity contribution in [2.75, 3.05) is 0 Å². The van der Waals surface area contributed by atoms with E-state index in [4.69, 9.17) is 5.11 Å². The molecule has 100 valence electrons. The van der Waals surface area contributed by atoms with Crippen LogP contribution in [-0.4, -0.2) is 37.3 Å². The van der Waals surface area contributed by atoms with Crippen LogP contribution in [-0.2, 0) is 0 Å². The lowest BCUT2D eigenvalue weighted by Gasteiger charge is -2.29. The molecule has 2 N–H and O–H groups in total. The SMILES string of the molecule is CC(C)c1c(C(=O)O)nnn1C1CCCCC1O. The van der Waals surface area contributed by atoms with E-state index >= 15 is 0 Å². The summed E-state index contributed by atoms with van der Waals surface area (Å²) in [6.07, 6.45) is 3.14. The predicted octanol–water partition coefficient (Wildman–Crippen LogP) is 1.58. The summed E-state index contributed by atoms with van der Waals surface area (Å²) < 4.78 is 1.62. The first kappa shape index (κ1) is 13.0. The van der Waals surface area contributed by atoms with Crippen LogP contribution in [0.5, 0.6) is 0 Å². The zero-order valence-electron chi connectivity index (χ0n) is 10.7. The van der Waals surface area contributed by atoms with Crippen LogP contribution in [0.1, 0.15) is 67.7 Å². The summed E-state index contributed by atoms with van der Waals surface area (Å²) in [6, 6.07) is -0.142. The van der Waals surface area contributed by atoms with Crippen LogP contribution >= 0.6 is 0 Å². The molecule has 2 atom stereocenters. The Morgan fingerprint density at radius 1 is 1.39 bits per heavy atom. The average molecular weight is 253 g/mol. The van der Waals surface area contributed by atoms with Crippen molar-refractivity contribution in [1.82, 2.24) is 15.0 Å². The number of carboxylic acids is 1. The maximum Gasteiger partial charge on any atom is 0.358 e. The molecular weight excluding hydrogens is 234 g/mol. The number of nitrogens with zero attached hydrogens (tertiary/aromatic N) is 3. The molecule has 1 heterocycles. The maximum atomic E-state index is 11.1. The smallest absolute Gasteiger partial charge is 0.358 e. The summed E-state index contributed by atoms with van der Waals surface area (Å²) >= 11 is 0. The van der Waals surface area contributed by atoms with Gasteiger partial charge in [0.2, 0.25) is 0 Å². The molecule has 2 unspecified atom stereocenters. The van der Waals surface area contributed by atoms with Crippen molar-refractivity contribution >= 4 is 5.97 Å². The Labute approximate surface area is 106 Å². The standard InChI is InChI=1S/C12H19N3O3/c1-7(2)11-10(12(17)18)13-14-15(11)8-5-3-4-6-9(8)16/h7-9,16H,3-6H2,1-2H3,(H,17,18). The number of aliphatic hydroxyl groups excluding tert-OH is 1. The first-order valence-electron chi connectivity index (χ1n) is 6.38. The van der Waals surface area contributed by atoms with Crippen LogP contribution in [0.4, 0.5) is 0 Å². The van der Waals surface area contributed by atoms with Crippen LogP contribution < -0.4 is 0 Å². The minimum absolute atomic E-state index is 0.00257. The van der Waals surface area contributed by atoms with E-state index < -0.39 is 12.1 Å². The summed E-state index contributed by atoms with van der Waals surface area (Å²) in [5.74, 6) is -1.05. The molecule has 0 radical (unpaired) electrons. The Kier molecular flexibility index (Phi) is 3.65. The molecule has 0 aromatic carbocycles. The molecule has 1 saturated carbocycles. The van der Waals surface area contributed by atoms with E-state index in [1.54, 1.807) is 4.68 Å². The van der Waals surface area contributed by atoms with Gasteiger partial charge in [-0.3, -0.25) is 0 Å². The molecule has 1 aromatic heterocycles. The third-order valence-electron chi connectivity index (χ3n) is 3.49. The highest BCUT2D eigenvalue weighted by Gasteiger charge is 2.31. The van der Waals surface area contributed by atoms with E-state index in [0.29, 0.717) is 5.69 Å². The molecule has 0 saturated heterocycles. The summed E-state index contributed by atoms with van der Waals surface area (Å²) in [5, 5.41) is 26.9. The van der Waals surface area contributed by atoms with Gasteiger partial charge in [0, 0.05) is 0 Å². The monoisotopic (exact) mass is 253 g/mol. The van der Waals surface area contributed by atoms with Gasteiger partial charge in [0.1, 0.15) is 0 Å². The number of carbonyl (C=O) groups is 1. The summed E-state index contributed by atoms with van der Waals surface area (Å²) in [6.45, 7) is 3.83. The normalized spacial score (nSPS) is 24.4. The molecule has 6 heteroatoms. The first-order chi connectivity index (χ1) is 8.52. The van der Waals surface area contributed by atoms with Crippen molar-refractivity contribution in [2.24, 2.45) is 0 Å². The van der Waals surface area contributed by atoms with Gasteiger partial charge in [-0.05, 0) is 18.8 Å². The average Bonchev–Trinajstić information content (AvgIpc) is 2.74. The van der Waals surface area contributed by atoms with Gasteiger partial charge >= 0.3 is 5.97 Å². The second-order valence-electron chi connectivity index (χ2n) is 5.15. The maximum absolute atomic E-state index is 11.1. The van der Waals surface area contributed by atoms with E-state index in [9.17, 15) is 9.90 Å². The number of aliphatic hydroxyl groups is 1. The summed E-state index contributed by atoms with van der Waals surface area (Å²) in [7, 11) is 0. The number of rotatable bonds is 3. The zero-order valence-corrected chi connectivity index (χ0v) is 10.7. The minimum Gasteiger partial charge on any atom is -0.476 e. The van der Waals surface area contributed by atoms with E-state index in [2.05, 4.69) is 10.3 Å². The van der Waals surface area contributed by atoms with Gasteiger partial charge in [-0.1, -0.05) is 31.9 Å². The van der Waals surface area contributed by atoms with Crippen LogP contribution in [0.15, 0.2) is 0 Å². The minimum atomic E-state index is -1.06. The zero-order chi connectivity index (χ0) is 13.3. The highest BCUT2D eigenvalue weighted by molar-refractivity contribution is 5.86. The van der Waals surface area contributed by atoms with Crippen molar-refractivity contribution in [3.8, 4) is 0 Å². The molecule has 0 bridgehead atoms. The number of carboxylic acid groups (broad SMARTS) is 1. The van der Waals surface area contributed by atoms with Gasteiger partial charge in [-0.2, -0.15) is 0 Å². The molecule has 1 aliphatic rings. The Morgan fingerprint density at radius 2 is 2.06 bits per heavy atom. The van der Waals surface area contributed by atoms with Gasteiger partial charge in [-0.25, -0.2) is 9.48 Å². The topological polar surface area (TPSA) is 88.2 Å². The predicted molar refractivity (Wildman–Crippen MR) is 64.6 cm³/mol. The Bertz CT molecular complexity index is 442. The van der Waals surface area contributed by atoms with E-state index in [1.165, 1.54) is 0 Å². The van der Waals surface area contributed by atoms with Crippen LogP contribution in [0, 0.1) is 0 Å². The third-order valence-corrected chi connectivity index (χ3v) is 3.49. The molecule has 0 amide bonds. The largest absolute Gasteiger partial charge is 0.476 e. The number of aromatic carboxylic acids is 1. The summed E-state index contributed by atoms with van der Waals surface area (Å²) in [5.41, 5.74) is 0.608. The van der Waals surface area contributed by atoms with E-state index in [0.717, 1.165) is 25.7 Å². The van der Waals surface area contributed by atoms with Crippen molar-refractivity contribution in [2.45, 2.75) is 57.6 Å². The molecule has 0 aliphatic heterocycles. The Hall–Kier alpha value is -1.43. The fourth-order valence-electron chi connectivity index (χ4n) is 2.61. The van der Waals surface area contributed by atoms with Crippen molar-refractivity contribution < 1.29 is 15.0 Å². The number of hydrogen-bond donors (Lipinski definition) is 2. The molecular formula is C12H19N3O3. The van der Waals surface area contributed by atoms with Gasteiger partial charge in [0.25, 0.3) is 0 Å². The number of hydrogen-bond acceptors (Lipinski definition) is 4. The molecule has 6 nitrogen and oxygen atoms in total. The molecule has 1 aliphatic carbocycles. The molecule has 2 rings (SSSR count). The fraction of sp³-hybridized carbons (Fsp3) is 0.750. The summed E-state index contributed by atoms with van der Waals surface area (Å²) in [4.78, 5) is 11.1. The van der Waals surface area contributed by atoms with Crippen LogP contribution in [0.3, 0.4) is 0 Å². The lowest BCUT2D eigenvalue weighted by Crippen LogP contribution is -2.30. The Balaban J connectivity index is 2.40. The molecule has 0 spiro atoms. The van der Waals surface area contributed by atoms with Gasteiger partial charge in [0.05, 0.1) is 17.8 Å². The van der Waals surface area contributed by atoms with Crippen LogP contribution in [0.2, 0.25) is 0 Å². The fourth-order valence-corrected chi connectivity index (χ4v) is 2.61. The van der Waals surface area contributed by atoms with Crippen molar-refractivity contribution in [3.05, 3.63) is 11.4 Å². The molecule has 18 heavy (non-hydrogen) atoms. The van der Waals surface area contributed by atoms with E-state index in [-0.39, 0.29) is 17.7 Å². The van der Waals surface area contributed by atoms with Crippen molar-refractivity contribution in [1.29, 1.82) is 0 Å². The number of aromatic nitrogens is 3. The first-order valence-corrected chi connectivity index (χ1v) is 6.38. The van der Waals surface area contributed by atoms with Gasteiger partial charge in [0.15, 0.2) is 5.69 Å². The second-order valence-corrected chi connectivity index (χ2v) is 5.15. The lowest BCUT2D eigenvalue weighted by atomic mass is 9.92. The third kappa shape index (κ3) is 2.25. The highest BCUT2D eigenvalue weighted by atomic mass is 16.4. The van der Waals surface area contributed by atoms with Crippen LogP contribution in [0.25, 0.3) is 0 Å². The molecule has 1 aromatic rings. The lowest BCUT2D eigenvalue weighted by molar-refractivity contribution is 0.0654.